The second-order valence-electron chi connectivity index (χ2n) is 3.13. The van der Waals surface area contributed by atoms with Crippen molar-refractivity contribution in [3.63, 3.8) is 0 Å². The first kappa shape index (κ1) is 8.63. The predicted molar refractivity (Wildman–Crippen MR) is 46.9 cm³/mol. The van der Waals surface area contributed by atoms with Crippen LogP contribution in [-0.2, 0) is 0 Å². The van der Waals surface area contributed by atoms with E-state index in [4.69, 9.17) is 0 Å². The Kier molecular flexibility index (Phi) is 3.46. The molecule has 0 aliphatic carbocycles. The van der Waals surface area contributed by atoms with E-state index >= 15 is 0 Å². The topological polar surface area (TPSA) is 12.4 Å². The molecule has 52 valence electrons. The molecule has 0 aromatic heterocycles. The molecular formula is C7H15NSi. The average molecular weight is 141 g/mol. The Morgan fingerprint density at radius 1 is 1.22 bits per heavy atom. The van der Waals surface area contributed by atoms with Crippen LogP contribution in [0.15, 0.2) is 16.8 Å². The summed E-state index contributed by atoms with van der Waals surface area (Å²) < 4.78 is 0. The molecule has 0 atom stereocenters. The van der Waals surface area contributed by atoms with E-state index in [9.17, 15) is 0 Å². The Morgan fingerprint density at radius 3 is 2.11 bits per heavy atom. The van der Waals surface area contributed by atoms with Gasteiger partial charge in [-0.25, -0.2) is 0 Å². The van der Waals surface area contributed by atoms with Crippen molar-refractivity contribution in [3.05, 3.63) is 11.8 Å². The first-order valence-electron chi connectivity index (χ1n) is 3.16. The first-order valence-corrected chi connectivity index (χ1v) is 6.74. The van der Waals surface area contributed by atoms with Crippen molar-refractivity contribution < 1.29 is 0 Å². The molecular weight excluding hydrogens is 126 g/mol. The third-order valence-corrected chi connectivity index (χ3v) is 2.02. The summed E-state index contributed by atoms with van der Waals surface area (Å²) >= 11 is 0. The number of hydrogen-bond acceptors (Lipinski definition) is 1. The lowest BCUT2D eigenvalue weighted by Gasteiger charge is -2.06. The summed E-state index contributed by atoms with van der Waals surface area (Å²) in [5, 5.41) is 0. The van der Waals surface area contributed by atoms with Gasteiger partial charge in [0, 0.05) is 13.3 Å². The molecule has 0 aliphatic heterocycles. The van der Waals surface area contributed by atoms with Gasteiger partial charge in [-0.05, 0) is 0 Å². The standard InChI is InChI=1S/C7H15NSi/c1-8-6-5-7-9(2,3)4/h5-7H,1-4H3/b7-5+,8-6?. The monoisotopic (exact) mass is 141 g/mol. The molecule has 0 saturated carbocycles. The van der Waals surface area contributed by atoms with Gasteiger partial charge >= 0.3 is 0 Å². The van der Waals surface area contributed by atoms with Crippen molar-refractivity contribution in [1.29, 1.82) is 0 Å². The van der Waals surface area contributed by atoms with E-state index in [0.29, 0.717) is 0 Å². The zero-order valence-electron chi connectivity index (χ0n) is 6.68. The fourth-order valence-electron chi connectivity index (χ4n) is 0.418. The van der Waals surface area contributed by atoms with Gasteiger partial charge < -0.3 is 0 Å². The van der Waals surface area contributed by atoms with Crippen LogP contribution in [0.5, 0.6) is 0 Å². The molecule has 0 fully saturated rings. The number of aliphatic imine (C=N–C) groups is 1. The van der Waals surface area contributed by atoms with Crippen molar-refractivity contribution in [2.75, 3.05) is 7.05 Å². The SMILES string of the molecule is CN=C/C=C/[Si](C)(C)C. The fraction of sp³-hybridized carbons (Fsp3) is 0.571. The second kappa shape index (κ2) is 3.61. The largest absolute Gasteiger partial charge is 0.297 e. The summed E-state index contributed by atoms with van der Waals surface area (Å²) in [6, 6.07) is 0. The Morgan fingerprint density at radius 2 is 1.78 bits per heavy atom. The summed E-state index contributed by atoms with van der Waals surface area (Å²) in [6.45, 7) is 6.90. The van der Waals surface area contributed by atoms with Gasteiger partial charge in [-0.15, -0.1) is 0 Å². The lowest BCUT2D eigenvalue weighted by molar-refractivity contribution is 1.48. The summed E-state index contributed by atoms with van der Waals surface area (Å²) in [6.07, 6.45) is 3.87. The highest BCUT2D eigenvalue weighted by molar-refractivity contribution is 6.81. The minimum atomic E-state index is -0.966. The van der Waals surface area contributed by atoms with Gasteiger partial charge in [0.15, 0.2) is 0 Å². The lowest BCUT2D eigenvalue weighted by atomic mass is 10.7. The third kappa shape index (κ3) is 7.63. The van der Waals surface area contributed by atoms with Crippen molar-refractivity contribution >= 4 is 14.3 Å². The van der Waals surface area contributed by atoms with E-state index in [2.05, 4.69) is 30.3 Å². The second-order valence-corrected chi connectivity index (χ2v) is 8.20. The molecule has 0 unspecified atom stereocenters. The highest BCUT2D eigenvalue weighted by Crippen LogP contribution is 2.00. The van der Waals surface area contributed by atoms with Gasteiger partial charge in [0.2, 0.25) is 0 Å². The Balaban J connectivity index is 3.71. The number of allylic oxidation sites excluding steroid dienone is 1. The number of nitrogens with zero attached hydrogens (tertiary/aromatic N) is 1. The molecule has 0 aromatic carbocycles. The maximum absolute atomic E-state index is 3.85. The molecule has 0 heterocycles. The Bertz CT molecular complexity index is 119. The van der Waals surface area contributed by atoms with E-state index in [-0.39, 0.29) is 0 Å². The van der Waals surface area contributed by atoms with Crippen molar-refractivity contribution in [2.45, 2.75) is 19.6 Å². The third-order valence-electron chi connectivity index (χ3n) is 0.831. The van der Waals surface area contributed by atoms with E-state index in [1.807, 2.05) is 12.3 Å². The van der Waals surface area contributed by atoms with Gasteiger partial charge in [0.1, 0.15) is 0 Å². The zero-order chi connectivity index (χ0) is 7.33. The van der Waals surface area contributed by atoms with Crippen LogP contribution < -0.4 is 0 Å². The Hall–Kier alpha value is -0.373. The van der Waals surface area contributed by atoms with Crippen LogP contribution in [0.4, 0.5) is 0 Å². The fourth-order valence-corrected chi connectivity index (χ4v) is 1.08. The predicted octanol–water partition coefficient (Wildman–Crippen LogP) is 2.12. The van der Waals surface area contributed by atoms with Crippen LogP contribution in [0.1, 0.15) is 0 Å². The molecule has 9 heavy (non-hydrogen) atoms. The molecule has 0 spiro atoms. The smallest absolute Gasteiger partial charge is 0.0687 e. The van der Waals surface area contributed by atoms with Crippen LogP contribution in [0, 0.1) is 0 Å². The molecule has 2 heteroatoms. The molecule has 0 radical (unpaired) electrons. The highest BCUT2D eigenvalue weighted by atomic mass is 28.3. The number of hydrogen-bond donors (Lipinski definition) is 0. The summed E-state index contributed by atoms with van der Waals surface area (Å²) in [4.78, 5) is 3.85. The minimum Gasteiger partial charge on any atom is -0.297 e. The molecule has 0 N–H and O–H groups in total. The van der Waals surface area contributed by atoms with Crippen LogP contribution in [0.25, 0.3) is 0 Å². The molecule has 0 rings (SSSR count). The quantitative estimate of drug-likeness (QED) is 0.412. The maximum atomic E-state index is 3.85. The van der Waals surface area contributed by atoms with E-state index in [0.717, 1.165) is 0 Å². The summed E-state index contributed by atoms with van der Waals surface area (Å²) in [7, 11) is 0.820. The molecule has 0 aromatic rings. The Labute approximate surface area is 58.5 Å². The van der Waals surface area contributed by atoms with E-state index in [1.54, 1.807) is 7.05 Å². The van der Waals surface area contributed by atoms with Gasteiger partial charge in [0.25, 0.3) is 0 Å². The molecule has 0 bridgehead atoms. The van der Waals surface area contributed by atoms with E-state index < -0.39 is 8.07 Å². The molecule has 0 saturated heterocycles. The van der Waals surface area contributed by atoms with Crippen LogP contribution in [0.2, 0.25) is 19.6 Å². The van der Waals surface area contributed by atoms with E-state index in [1.165, 1.54) is 0 Å². The van der Waals surface area contributed by atoms with Crippen molar-refractivity contribution in [1.82, 2.24) is 0 Å². The minimum absolute atomic E-state index is 0.966. The molecule has 1 nitrogen and oxygen atoms in total. The van der Waals surface area contributed by atoms with Crippen molar-refractivity contribution in [2.24, 2.45) is 4.99 Å². The van der Waals surface area contributed by atoms with Crippen molar-refractivity contribution in [3.8, 4) is 0 Å². The zero-order valence-corrected chi connectivity index (χ0v) is 7.68. The van der Waals surface area contributed by atoms with Gasteiger partial charge in [0.05, 0.1) is 8.07 Å². The van der Waals surface area contributed by atoms with Crippen LogP contribution >= 0.6 is 0 Å². The van der Waals surface area contributed by atoms with Crippen LogP contribution in [-0.4, -0.2) is 21.3 Å². The van der Waals surface area contributed by atoms with Crippen LogP contribution in [0.3, 0.4) is 0 Å². The maximum Gasteiger partial charge on any atom is 0.0687 e. The average Bonchev–Trinajstić information content (AvgIpc) is 1.63. The van der Waals surface area contributed by atoms with Gasteiger partial charge in [-0.1, -0.05) is 31.4 Å². The molecule has 0 aliphatic rings. The normalized spacial score (nSPS) is 13.8. The van der Waals surface area contributed by atoms with Gasteiger partial charge in [-0.2, -0.15) is 0 Å². The lowest BCUT2D eigenvalue weighted by Crippen LogP contribution is -2.15. The molecule has 0 amide bonds. The number of rotatable bonds is 2. The van der Waals surface area contributed by atoms with Gasteiger partial charge in [-0.3, -0.25) is 4.99 Å². The first-order chi connectivity index (χ1) is 4.06. The summed E-state index contributed by atoms with van der Waals surface area (Å²) in [5.41, 5.74) is 2.26. The highest BCUT2D eigenvalue weighted by Gasteiger charge is 2.05. The summed E-state index contributed by atoms with van der Waals surface area (Å²) in [5.74, 6) is 0.